The number of fused-ring (bicyclic) bond motifs is 1. The molecule has 0 saturated carbocycles. The van der Waals surface area contributed by atoms with Crippen molar-refractivity contribution < 1.29 is 34.6 Å². The third-order valence-electron chi connectivity index (χ3n) is 6.16. The Kier molecular flexibility index (Phi) is 6.91. The van der Waals surface area contributed by atoms with Crippen LogP contribution < -0.4 is 4.52 Å². The van der Waals surface area contributed by atoms with Crippen LogP contribution in [-0.2, 0) is 0 Å². The van der Waals surface area contributed by atoms with Crippen LogP contribution in [0.25, 0.3) is 11.0 Å². The summed E-state index contributed by atoms with van der Waals surface area (Å²) >= 11 is 0. The smallest absolute Gasteiger partial charge is 0.289 e. The molecule has 0 unspecified atom stereocenters. The Morgan fingerprint density at radius 2 is 1.28 bits per heavy atom. The van der Waals surface area contributed by atoms with Gasteiger partial charge in [0.1, 0.15) is 0 Å². The number of H-pyrrole nitrogens is 1. The molecule has 10 nitrogen and oxygen atoms in total. The molecule has 2 aromatic rings. The van der Waals surface area contributed by atoms with Gasteiger partial charge in [0, 0.05) is 45.3 Å². The van der Waals surface area contributed by atoms with Gasteiger partial charge in [0.25, 0.3) is 5.69 Å². The van der Waals surface area contributed by atoms with Crippen molar-refractivity contribution in [2.45, 2.75) is 38.5 Å². The number of nitro groups is 1. The van der Waals surface area contributed by atoms with Gasteiger partial charge in [0.15, 0.2) is 5.52 Å². The monoisotopic (exact) mass is 565 g/mol. The maximum Gasteiger partial charge on any atom is 0.417 e. The summed E-state index contributed by atoms with van der Waals surface area (Å²) in [4.78, 5) is 11.1. The molecule has 36 heavy (non-hydrogen) atoms. The molecule has 3 saturated heterocycles. The van der Waals surface area contributed by atoms with Crippen molar-refractivity contribution in [3.05, 3.63) is 22.2 Å². The molecule has 1 aromatic heterocycles. The van der Waals surface area contributed by atoms with Crippen molar-refractivity contribution in [2.24, 2.45) is 0 Å². The minimum absolute atomic E-state index is 0.000848. The number of aromatic amines is 1. The van der Waals surface area contributed by atoms with Gasteiger partial charge in [-0.05, 0) is 38.5 Å². The molecule has 1 aromatic carbocycles. The molecule has 0 spiro atoms. The number of hydrogen-bond acceptors (Lipinski definition) is 8. The third-order valence-corrected chi connectivity index (χ3v) is 10.0. The van der Waals surface area contributed by atoms with Crippen LogP contribution in [0.2, 0.25) is 0 Å². The van der Waals surface area contributed by atoms with E-state index in [1.165, 1.54) is 50.7 Å². The zero-order valence-electron chi connectivity index (χ0n) is 19.2. The van der Waals surface area contributed by atoms with Crippen LogP contribution in [-0.4, -0.2) is 73.6 Å². The fraction of sp³-hybridized carbons (Fsp3) is 0.667. The minimum Gasteiger partial charge on any atom is -0.289 e. The standard InChI is InChI=1S/C18H27N7O3P.F6P/c26-25(27)15-13-16-18(20-21-19-16)17(14-15)28-29(22-7-1-2-8-22,23-9-3-4-10-23)24-11-5-6-12-24;1-7(2,3,4,5)6/h13-14H,1-12H2,(H,19,20,21);/q+1;-1. The van der Waals surface area contributed by atoms with E-state index in [9.17, 15) is 35.3 Å². The average Bonchev–Trinajstić information content (AvgIpc) is 3.55. The Morgan fingerprint density at radius 1 is 0.861 bits per heavy atom. The van der Waals surface area contributed by atoms with Gasteiger partial charge in [-0.15, -0.1) is 19.1 Å². The van der Waals surface area contributed by atoms with Crippen LogP contribution in [0.15, 0.2) is 12.1 Å². The molecule has 5 rings (SSSR count). The Hall–Kier alpha value is -1.86. The molecular weight excluding hydrogens is 538 g/mol. The molecule has 0 aliphatic carbocycles. The van der Waals surface area contributed by atoms with Crippen molar-refractivity contribution in [1.82, 2.24) is 29.4 Å². The summed E-state index contributed by atoms with van der Waals surface area (Å²) < 4.78 is 73.8. The molecule has 204 valence electrons. The first kappa shape index (κ1) is 27.2. The van der Waals surface area contributed by atoms with E-state index >= 15 is 0 Å². The van der Waals surface area contributed by atoms with Crippen LogP contribution in [0.3, 0.4) is 0 Å². The van der Waals surface area contributed by atoms with Gasteiger partial charge in [-0.1, -0.05) is 5.21 Å². The molecule has 0 atom stereocenters. The van der Waals surface area contributed by atoms with Crippen molar-refractivity contribution in [1.29, 1.82) is 0 Å². The summed E-state index contributed by atoms with van der Waals surface area (Å²) in [5.74, 6) is 0.474. The van der Waals surface area contributed by atoms with E-state index in [-0.39, 0.29) is 10.6 Å². The molecule has 4 heterocycles. The van der Waals surface area contributed by atoms with Crippen LogP contribution in [0.4, 0.5) is 30.9 Å². The van der Waals surface area contributed by atoms with Crippen molar-refractivity contribution >= 4 is 32.5 Å². The number of nitrogens with one attached hydrogen (secondary N) is 1. The van der Waals surface area contributed by atoms with Gasteiger partial charge in [0.05, 0.1) is 16.5 Å². The summed E-state index contributed by atoms with van der Waals surface area (Å²) in [6.07, 6.45) is 7.01. The number of aromatic nitrogens is 3. The molecular formula is C18H27F6N7O3P2. The topological polar surface area (TPSA) is 104 Å². The quantitative estimate of drug-likeness (QED) is 0.181. The van der Waals surface area contributed by atoms with Crippen LogP contribution in [0.5, 0.6) is 5.75 Å². The summed E-state index contributed by atoms with van der Waals surface area (Å²) in [7, 11) is -13.0. The Morgan fingerprint density at radius 3 is 1.67 bits per heavy atom. The maximum atomic E-state index is 11.5. The molecule has 18 heteroatoms. The van der Waals surface area contributed by atoms with E-state index in [1.54, 1.807) is 0 Å². The summed E-state index contributed by atoms with van der Waals surface area (Å²) in [5.41, 5.74) is 1.11. The van der Waals surface area contributed by atoms with Gasteiger partial charge >= 0.3 is 40.9 Å². The second-order valence-corrected chi connectivity index (χ2v) is 13.8. The zero-order valence-corrected chi connectivity index (χ0v) is 21.0. The van der Waals surface area contributed by atoms with E-state index in [4.69, 9.17) is 4.52 Å². The molecule has 0 amide bonds. The number of nitro benzene ring substituents is 1. The van der Waals surface area contributed by atoms with Gasteiger partial charge in [-0.25, -0.2) is 0 Å². The van der Waals surface area contributed by atoms with Gasteiger partial charge in [-0.2, -0.15) is 0 Å². The van der Waals surface area contributed by atoms with E-state index < -0.39 is 15.8 Å². The van der Waals surface area contributed by atoms with Crippen molar-refractivity contribution in [3.8, 4) is 5.75 Å². The Labute approximate surface area is 202 Å². The first-order chi connectivity index (χ1) is 16.6. The number of non-ortho nitro benzene ring substituents is 1. The van der Waals surface area contributed by atoms with Crippen molar-refractivity contribution in [2.75, 3.05) is 39.3 Å². The molecule has 3 aliphatic rings. The van der Waals surface area contributed by atoms with Gasteiger partial charge < -0.3 is 0 Å². The minimum atomic E-state index is -10.7. The summed E-state index contributed by atoms with van der Waals surface area (Å²) in [6.45, 7) is 6.07. The predicted molar refractivity (Wildman–Crippen MR) is 124 cm³/mol. The Balaban J connectivity index is 0.000000384. The largest absolute Gasteiger partial charge is 0.417 e. The van der Waals surface area contributed by atoms with E-state index in [1.807, 2.05) is 0 Å². The number of rotatable bonds is 6. The van der Waals surface area contributed by atoms with Crippen molar-refractivity contribution in [3.63, 3.8) is 0 Å². The zero-order chi connectivity index (χ0) is 26.3. The fourth-order valence-electron chi connectivity index (χ4n) is 4.81. The maximum absolute atomic E-state index is 11.5. The third kappa shape index (κ3) is 6.71. The van der Waals surface area contributed by atoms with Gasteiger partial charge in [0.2, 0.25) is 5.75 Å². The second-order valence-electron chi connectivity index (χ2n) is 8.95. The second kappa shape index (κ2) is 9.16. The predicted octanol–water partition coefficient (Wildman–Crippen LogP) is 6.59. The number of nitrogens with zero attached hydrogens (tertiary/aromatic N) is 6. The SMILES string of the molecule is F[P-](F)(F)(F)(F)F.O=[N+]([O-])c1cc(O[P+](N2CCCC2)(N2CCCC2)N2CCCC2)c2nn[nH]c2c1. The molecule has 0 bridgehead atoms. The summed E-state index contributed by atoms with van der Waals surface area (Å²) in [6, 6.07) is 3.01. The van der Waals surface area contributed by atoms with Crippen LogP contribution in [0.1, 0.15) is 38.5 Å². The van der Waals surface area contributed by atoms with E-state index in [0.29, 0.717) is 16.8 Å². The number of halogens is 6. The van der Waals surface area contributed by atoms with E-state index in [0.717, 1.165) is 39.3 Å². The molecule has 3 aliphatic heterocycles. The first-order valence-corrected chi connectivity index (χ1v) is 15.1. The van der Waals surface area contributed by atoms with Crippen LogP contribution >= 0.6 is 15.8 Å². The molecule has 0 radical (unpaired) electrons. The number of hydrogen-bond donors (Lipinski definition) is 1. The fourth-order valence-corrected chi connectivity index (χ4v) is 9.04. The van der Waals surface area contributed by atoms with E-state index in [2.05, 4.69) is 29.4 Å². The van der Waals surface area contributed by atoms with Gasteiger partial charge in [-0.3, -0.25) is 19.7 Å². The first-order valence-electron chi connectivity index (χ1n) is 11.5. The average molecular weight is 565 g/mol. The number of benzene rings is 1. The molecule has 1 N–H and O–H groups in total. The summed E-state index contributed by atoms with van der Waals surface area (Å²) in [5, 5.41) is 22.4. The van der Waals surface area contributed by atoms with Crippen LogP contribution in [0, 0.1) is 10.1 Å². The Bertz CT molecular complexity index is 1050. The normalized spacial score (nSPS) is 22.3. The molecule has 3 fully saturated rings.